The minimum absolute atomic E-state index is 0.0115. The van der Waals surface area contributed by atoms with E-state index >= 15 is 0 Å². The lowest BCUT2D eigenvalue weighted by Crippen LogP contribution is -2.51. The van der Waals surface area contributed by atoms with Crippen LogP contribution < -0.4 is 9.62 Å². The van der Waals surface area contributed by atoms with Crippen molar-refractivity contribution < 1.29 is 18.0 Å². The van der Waals surface area contributed by atoms with E-state index in [2.05, 4.69) is 5.32 Å². The number of hydrogen-bond donors (Lipinski definition) is 1. The van der Waals surface area contributed by atoms with Crippen molar-refractivity contribution in [2.24, 2.45) is 0 Å². The minimum atomic E-state index is -3.78. The molecule has 0 fully saturated rings. The third kappa shape index (κ3) is 7.35. The Balaban J connectivity index is 2.45. The van der Waals surface area contributed by atoms with Gasteiger partial charge >= 0.3 is 0 Å². The topological polar surface area (TPSA) is 86.8 Å². The highest BCUT2D eigenvalue weighted by atomic mass is 35.5. The zero-order chi connectivity index (χ0) is 24.9. The zero-order valence-electron chi connectivity index (χ0n) is 19.4. The molecular formula is C23H29Cl2N3O4S. The summed E-state index contributed by atoms with van der Waals surface area (Å²) in [6.45, 7) is 7.02. The van der Waals surface area contributed by atoms with Crippen LogP contribution in [0.15, 0.2) is 36.4 Å². The Morgan fingerprint density at radius 3 is 2.18 bits per heavy atom. The van der Waals surface area contributed by atoms with Crippen molar-refractivity contribution in [3.63, 3.8) is 0 Å². The molecule has 0 unspecified atom stereocenters. The van der Waals surface area contributed by atoms with Crippen molar-refractivity contribution in [3.05, 3.63) is 63.1 Å². The van der Waals surface area contributed by atoms with Crippen LogP contribution in [0.3, 0.4) is 0 Å². The average molecular weight is 514 g/mol. The lowest BCUT2D eigenvalue weighted by molar-refractivity contribution is -0.139. The van der Waals surface area contributed by atoms with Gasteiger partial charge < -0.3 is 10.2 Å². The molecular weight excluding hydrogens is 485 g/mol. The van der Waals surface area contributed by atoms with Gasteiger partial charge in [0.15, 0.2) is 0 Å². The predicted octanol–water partition coefficient (Wildman–Crippen LogP) is 3.93. The molecule has 0 aliphatic rings. The third-order valence-corrected chi connectivity index (χ3v) is 6.78. The molecule has 7 nitrogen and oxygen atoms in total. The Morgan fingerprint density at radius 1 is 1.06 bits per heavy atom. The van der Waals surface area contributed by atoms with E-state index in [1.54, 1.807) is 44.2 Å². The maximum Gasteiger partial charge on any atom is 0.244 e. The van der Waals surface area contributed by atoms with Crippen molar-refractivity contribution in [1.82, 2.24) is 10.2 Å². The fraction of sp³-hybridized carbons (Fsp3) is 0.391. The number of nitrogens with zero attached hydrogens (tertiary/aromatic N) is 2. The van der Waals surface area contributed by atoms with Crippen LogP contribution in [0.5, 0.6) is 0 Å². The molecule has 2 aromatic carbocycles. The number of aryl methyl sites for hydroxylation is 2. The monoisotopic (exact) mass is 513 g/mol. The van der Waals surface area contributed by atoms with Crippen LogP contribution in [-0.2, 0) is 26.2 Å². The molecule has 1 atom stereocenters. The highest BCUT2D eigenvalue weighted by Gasteiger charge is 2.30. The van der Waals surface area contributed by atoms with Gasteiger partial charge in [-0.05, 0) is 68.7 Å². The number of benzene rings is 2. The molecule has 0 bridgehead atoms. The molecule has 0 heterocycles. The molecule has 33 heavy (non-hydrogen) atoms. The summed E-state index contributed by atoms with van der Waals surface area (Å²) in [6.07, 6.45) is 1.05. The van der Waals surface area contributed by atoms with E-state index in [0.717, 1.165) is 21.7 Å². The van der Waals surface area contributed by atoms with E-state index in [9.17, 15) is 18.0 Å². The number of hydrogen-bond acceptors (Lipinski definition) is 4. The Morgan fingerprint density at radius 2 is 1.67 bits per heavy atom. The van der Waals surface area contributed by atoms with Crippen LogP contribution in [0.2, 0.25) is 10.0 Å². The molecule has 180 valence electrons. The first-order chi connectivity index (χ1) is 15.3. The molecule has 10 heteroatoms. The Kier molecular flexibility index (Phi) is 9.17. The second-order valence-electron chi connectivity index (χ2n) is 7.94. The van der Waals surface area contributed by atoms with Gasteiger partial charge in [-0.25, -0.2) is 8.42 Å². The van der Waals surface area contributed by atoms with Crippen LogP contribution in [-0.4, -0.2) is 50.5 Å². The van der Waals surface area contributed by atoms with Crippen molar-refractivity contribution in [2.45, 2.75) is 40.3 Å². The molecule has 0 aromatic heterocycles. The zero-order valence-corrected chi connectivity index (χ0v) is 21.7. The lowest BCUT2D eigenvalue weighted by Gasteiger charge is -2.31. The number of carbonyl (C=O) groups is 2. The molecule has 0 aliphatic carbocycles. The quantitative estimate of drug-likeness (QED) is 0.550. The fourth-order valence-electron chi connectivity index (χ4n) is 3.45. The molecule has 0 aliphatic heterocycles. The van der Waals surface area contributed by atoms with Gasteiger partial charge in [-0.15, -0.1) is 0 Å². The van der Waals surface area contributed by atoms with E-state index in [1.165, 1.54) is 4.90 Å². The first kappa shape index (κ1) is 27.0. The van der Waals surface area contributed by atoms with Gasteiger partial charge in [0.25, 0.3) is 0 Å². The summed E-state index contributed by atoms with van der Waals surface area (Å²) in [5.74, 6) is -0.891. The van der Waals surface area contributed by atoms with Gasteiger partial charge in [-0.2, -0.15) is 0 Å². The second kappa shape index (κ2) is 11.2. The van der Waals surface area contributed by atoms with E-state index < -0.39 is 28.5 Å². The standard InChI is InChI=1S/C23H29Cl2N3O4S/c1-6-26-23(30)17(4)27(13-18-7-8-19(24)12-21(18)25)22(29)14-28(33(5,31)32)20-10-15(2)9-16(3)11-20/h7-12,17H,6,13-14H2,1-5H3,(H,26,30)/t17-/m0/s1. The number of likely N-dealkylation sites (N-methyl/N-ethyl adjacent to an activating group) is 1. The maximum absolute atomic E-state index is 13.4. The predicted molar refractivity (Wildman–Crippen MR) is 133 cm³/mol. The van der Waals surface area contributed by atoms with Gasteiger partial charge in [0.2, 0.25) is 21.8 Å². The van der Waals surface area contributed by atoms with Crippen LogP contribution in [0, 0.1) is 13.8 Å². The van der Waals surface area contributed by atoms with E-state index in [-0.39, 0.29) is 12.5 Å². The van der Waals surface area contributed by atoms with E-state index in [1.807, 2.05) is 19.9 Å². The summed E-state index contributed by atoms with van der Waals surface area (Å²) in [4.78, 5) is 27.3. The number of sulfonamides is 1. The summed E-state index contributed by atoms with van der Waals surface area (Å²) < 4.78 is 26.3. The maximum atomic E-state index is 13.4. The summed E-state index contributed by atoms with van der Waals surface area (Å²) in [6, 6.07) is 9.33. The minimum Gasteiger partial charge on any atom is -0.355 e. The third-order valence-electron chi connectivity index (χ3n) is 5.05. The van der Waals surface area contributed by atoms with Gasteiger partial charge in [0, 0.05) is 23.1 Å². The number of anilines is 1. The average Bonchev–Trinajstić information content (AvgIpc) is 2.69. The normalized spacial score (nSPS) is 12.2. The van der Waals surface area contributed by atoms with Crippen LogP contribution in [0.4, 0.5) is 5.69 Å². The molecule has 1 N–H and O–H groups in total. The van der Waals surface area contributed by atoms with Gasteiger partial charge in [0.1, 0.15) is 12.6 Å². The van der Waals surface area contributed by atoms with Crippen molar-refractivity contribution in [1.29, 1.82) is 0 Å². The molecule has 2 rings (SSSR count). The number of carbonyl (C=O) groups excluding carboxylic acids is 2. The number of halogens is 2. The Bertz CT molecular complexity index is 1120. The summed E-state index contributed by atoms with van der Waals surface area (Å²) in [7, 11) is -3.78. The van der Waals surface area contributed by atoms with Crippen molar-refractivity contribution >= 4 is 50.7 Å². The van der Waals surface area contributed by atoms with Gasteiger partial charge in [-0.3, -0.25) is 13.9 Å². The van der Waals surface area contributed by atoms with Crippen molar-refractivity contribution in [2.75, 3.05) is 23.7 Å². The van der Waals surface area contributed by atoms with Gasteiger partial charge in [-0.1, -0.05) is 35.3 Å². The molecule has 0 radical (unpaired) electrons. The highest BCUT2D eigenvalue weighted by molar-refractivity contribution is 7.92. The molecule has 2 amide bonds. The summed E-state index contributed by atoms with van der Waals surface area (Å²) in [5.41, 5.74) is 2.71. The number of nitrogens with one attached hydrogen (secondary N) is 1. The smallest absolute Gasteiger partial charge is 0.244 e. The van der Waals surface area contributed by atoms with Crippen LogP contribution in [0.1, 0.15) is 30.5 Å². The molecule has 0 saturated carbocycles. The molecule has 0 spiro atoms. The first-order valence-corrected chi connectivity index (χ1v) is 13.0. The Labute approximate surface area is 205 Å². The number of amides is 2. The van der Waals surface area contributed by atoms with Crippen LogP contribution in [0.25, 0.3) is 0 Å². The first-order valence-electron chi connectivity index (χ1n) is 10.4. The molecule has 2 aromatic rings. The van der Waals surface area contributed by atoms with E-state index in [4.69, 9.17) is 23.2 Å². The van der Waals surface area contributed by atoms with Crippen molar-refractivity contribution in [3.8, 4) is 0 Å². The summed E-state index contributed by atoms with van der Waals surface area (Å²) >= 11 is 12.3. The fourth-order valence-corrected chi connectivity index (χ4v) is 4.75. The van der Waals surface area contributed by atoms with Gasteiger partial charge in [0.05, 0.1) is 11.9 Å². The Hall–Kier alpha value is -2.29. The SMILES string of the molecule is CCNC(=O)[C@H](C)N(Cc1ccc(Cl)cc1Cl)C(=O)CN(c1cc(C)cc(C)c1)S(C)(=O)=O. The summed E-state index contributed by atoms with van der Waals surface area (Å²) in [5, 5.41) is 3.49. The second-order valence-corrected chi connectivity index (χ2v) is 10.7. The highest BCUT2D eigenvalue weighted by Crippen LogP contribution is 2.25. The molecule has 0 saturated heterocycles. The van der Waals surface area contributed by atoms with E-state index in [0.29, 0.717) is 27.8 Å². The lowest BCUT2D eigenvalue weighted by atomic mass is 10.1. The number of rotatable bonds is 9. The van der Waals surface area contributed by atoms with Crippen LogP contribution >= 0.6 is 23.2 Å². The largest absolute Gasteiger partial charge is 0.355 e.